The molecule has 0 aromatic heterocycles. The average molecular weight is 249 g/mol. The highest BCUT2D eigenvalue weighted by Crippen LogP contribution is 2.27. The molecular formula is C13H16FN3O. The van der Waals surface area contributed by atoms with Crippen LogP contribution in [0.15, 0.2) is 18.2 Å². The predicted octanol–water partition coefficient (Wildman–Crippen LogP) is 1.61. The molecule has 1 aromatic carbocycles. The molecule has 0 radical (unpaired) electrons. The Kier molecular flexibility index (Phi) is 3.80. The third kappa shape index (κ3) is 2.45. The Hall–Kier alpha value is -1.64. The number of ether oxygens (including phenoxy) is 1. The number of nitriles is 1. The minimum absolute atomic E-state index is 0.0278. The largest absolute Gasteiger partial charge is 0.376 e. The fourth-order valence-electron chi connectivity index (χ4n) is 2.11. The average Bonchev–Trinajstić information content (AvgIpc) is 2.37. The molecule has 0 bridgehead atoms. The van der Waals surface area contributed by atoms with E-state index < -0.39 is 5.82 Å². The van der Waals surface area contributed by atoms with Crippen molar-refractivity contribution in [2.24, 2.45) is 5.73 Å². The van der Waals surface area contributed by atoms with Crippen molar-refractivity contribution in [2.45, 2.75) is 31.5 Å². The number of benzene rings is 1. The summed E-state index contributed by atoms with van der Waals surface area (Å²) in [6.45, 7) is 2.54. The predicted molar refractivity (Wildman–Crippen MR) is 66.5 cm³/mol. The fourth-order valence-corrected chi connectivity index (χ4v) is 2.11. The molecular weight excluding hydrogens is 233 g/mol. The van der Waals surface area contributed by atoms with Crippen molar-refractivity contribution < 1.29 is 9.13 Å². The number of rotatable bonds is 4. The monoisotopic (exact) mass is 249 g/mol. The van der Waals surface area contributed by atoms with Crippen LogP contribution in [0.2, 0.25) is 0 Å². The van der Waals surface area contributed by atoms with Crippen molar-refractivity contribution in [3.63, 3.8) is 0 Å². The molecule has 2 rings (SSSR count). The number of nitrogens with two attached hydrogens (primary N) is 1. The lowest BCUT2D eigenvalue weighted by Gasteiger charge is -2.43. The quantitative estimate of drug-likeness (QED) is 0.850. The van der Waals surface area contributed by atoms with E-state index in [1.807, 2.05) is 13.0 Å². The van der Waals surface area contributed by atoms with Crippen LogP contribution in [0.4, 0.5) is 10.1 Å². The topological polar surface area (TPSA) is 71.1 Å². The molecule has 3 unspecified atom stereocenters. The summed E-state index contributed by atoms with van der Waals surface area (Å²) in [5.41, 5.74) is 6.54. The van der Waals surface area contributed by atoms with Crippen molar-refractivity contribution in [3.8, 4) is 6.07 Å². The Morgan fingerprint density at radius 1 is 1.61 bits per heavy atom. The van der Waals surface area contributed by atoms with Crippen LogP contribution in [0.25, 0.3) is 0 Å². The lowest BCUT2D eigenvalue weighted by atomic mass is 9.83. The van der Waals surface area contributed by atoms with E-state index in [9.17, 15) is 4.39 Å². The van der Waals surface area contributed by atoms with E-state index >= 15 is 0 Å². The van der Waals surface area contributed by atoms with Gasteiger partial charge in [-0.25, -0.2) is 4.39 Å². The highest BCUT2D eigenvalue weighted by molar-refractivity contribution is 5.50. The van der Waals surface area contributed by atoms with Gasteiger partial charge in [0.05, 0.1) is 29.5 Å². The van der Waals surface area contributed by atoms with E-state index in [-0.39, 0.29) is 18.2 Å². The Bertz CT molecular complexity index is 470. The molecule has 3 N–H and O–H groups in total. The Balaban J connectivity index is 2.07. The molecule has 18 heavy (non-hydrogen) atoms. The van der Waals surface area contributed by atoms with Crippen LogP contribution in [-0.4, -0.2) is 24.8 Å². The van der Waals surface area contributed by atoms with Gasteiger partial charge >= 0.3 is 0 Å². The smallest absolute Gasteiger partial charge is 0.147 e. The van der Waals surface area contributed by atoms with Crippen LogP contribution in [0.3, 0.4) is 0 Å². The summed E-state index contributed by atoms with van der Waals surface area (Å²) >= 11 is 0. The highest BCUT2D eigenvalue weighted by atomic mass is 19.1. The standard InChI is InChI=1S/C13H16FN3O/c1-2-18-12-6-10(16)13(12)17-11-4-3-8(7-15)5-9(11)14/h3-5,10,12-13,17H,2,6,16H2,1H3. The molecule has 1 aliphatic carbocycles. The lowest BCUT2D eigenvalue weighted by molar-refractivity contribution is -0.0126. The van der Waals surface area contributed by atoms with E-state index in [1.165, 1.54) is 6.07 Å². The van der Waals surface area contributed by atoms with Gasteiger partial charge < -0.3 is 15.8 Å². The zero-order chi connectivity index (χ0) is 13.1. The second-order valence-corrected chi connectivity index (χ2v) is 4.37. The van der Waals surface area contributed by atoms with Gasteiger partial charge in [-0.3, -0.25) is 0 Å². The van der Waals surface area contributed by atoms with Crippen LogP contribution in [0.1, 0.15) is 18.9 Å². The van der Waals surface area contributed by atoms with Crippen LogP contribution in [0.5, 0.6) is 0 Å². The molecule has 1 saturated carbocycles. The van der Waals surface area contributed by atoms with Gasteiger partial charge in [-0.2, -0.15) is 5.26 Å². The van der Waals surface area contributed by atoms with Crippen LogP contribution >= 0.6 is 0 Å². The summed E-state index contributed by atoms with van der Waals surface area (Å²) < 4.78 is 19.2. The molecule has 3 atom stereocenters. The Morgan fingerprint density at radius 3 is 2.94 bits per heavy atom. The highest BCUT2D eigenvalue weighted by Gasteiger charge is 2.39. The molecule has 5 heteroatoms. The molecule has 0 aliphatic heterocycles. The van der Waals surface area contributed by atoms with Gasteiger partial charge in [0.2, 0.25) is 0 Å². The number of anilines is 1. The third-order valence-electron chi connectivity index (χ3n) is 3.17. The molecule has 96 valence electrons. The fraction of sp³-hybridized carbons (Fsp3) is 0.462. The summed E-state index contributed by atoms with van der Waals surface area (Å²) in [5, 5.41) is 11.7. The molecule has 0 spiro atoms. The molecule has 0 amide bonds. The minimum atomic E-state index is -0.441. The van der Waals surface area contributed by atoms with Crippen molar-refractivity contribution in [2.75, 3.05) is 11.9 Å². The number of nitrogens with zero attached hydrogens (tertiary/aromatic N) is 1. The van der Waals surface area contributed by atoms with E-state index in [0.717, 1.165) is 6.42 Å². The van der Waals surface area contributed by atoms with Crippen LogP contribution < -0.4 is 11.1 Å². The summed E-state index contributed by atoms with van der Waals surface area (Å²) in [6, 6.07) is 6.13. The van der Waals surface area contributed by atoms with Gasteiger partial charge in [-0.15, -0.1) is 0 Å². The van der Waals surface area contributed by atoms with Crippen molar-refractivity contribution in [1.29, 1.82) is 5.26 Å². The maximum absolute atomic E-state index is 13.7. The first-order chi connectivity index (χ1) is 8.65. The summed E-state index contributed by atoms with van der Waals surface area (Å²) in [4.78, 5) is 0. The number of hydrogen-bond donors (Lipinski definition) is 2. The Morgan fingerprint density at radius 2 is 2.39 bits per heavy atom. The molecule has 0 heterocycles. The maximum atomic E-state index is 13.7. The van der Waals surface area contributed by atoms with Gasteiger partial charge in [-0.1, -0.05) is 0 Å². The molecule has 1 aliphatic rings. The van der Waals surface area contributed by atoms with E-state index in [4.69, 9.17) is 15.7 Å². The number of nitrogens with one attached hydrogen (secondary N) is 1. The van der Waals surface area contributed by atoms with Crippen molar-refractivity contribution in [3.05, 3.63) is 29.6 Å². The van der Waals surface area contributed by atoms with Gasteiger partial charge in [0.15, 0.2) is 0 Å². The van der Waals surface area contributed by atoms with E-state index in [1.54, 1.807) is 12.1 Å². The normalized spacial score (nSPS) is 26.2. The zero-order valence-corrected chi connectivity index (χ0v) is 10.2. The number of hydrogen-bond acceptors (Lipinski definition) is 4. The number of halogens is 1. The Labute approximate surface area is 106 Å². The van der Waals surface area contributed by atoms with Gasteiger partial charge in [0.1, 0.15) is 5.82 Å². The SMILES string of the molecule is CCOC1CC(N)C1Nc1ccc(C#N)cc1F. The summed E-state index contributed by atoms with van der Waals surface area (Å²) in [5.74, 6) is -0.441. The van der Waals surface area contributed by atoms with Gasteiger partial charge in [0.25, 0.3) is 0 Å². The maximum Gasteiger partial charge on any atom is 0.147 e. The third-order valence-corrected chi connectivity index (χ3v) is 3.17. The minimum Gasteiger partial charge on any atom is -0.376 e. The first-order valence-electron chi connectivity index (χ1n) is 5.99. The first kappa shape index (κ1) is 12.8. The van der Waals surface area contributed by atoms with Gasteiger partial charge in [-0.05, 0) is 31.5 Å². The summed E-state index contributed by atoms with van der Waals surface area (Å²) in [7, 11) is 0. The van der Waals surface area contributed by atoms with Crippen molar-refractivity contribution in [1.82, 2.24) is 0 Å². The second kappa shape index (κ2) is 5.34. The molecule has 0 saturated heterocycles. The van der Waals surface area contributed by atoms with Crippen molar-refractivity contribution >= 4 is 5.69 Å². The first-order valence-corrected chi connectivity index (χ1v) is 5.99. The van der Waals surface area contributed by atoms with E-state index in [2.05, 4.69) is 5.32 Å². The zero-order valence-electron chi connectivity index (χ0n) is 10.2. The van der Waals surface area contributed by atoms with Crippen LogP contribution in [-0.2, 0) is 4.74 Å². The van der Waals surface area contributed by atoms with Crippen LogP contribution in [0, 0.1) is 17.1 Å². The van der Waals surface area contributed by atoms with E-state index in [0.29, 0.717) is 17.9 Å². The molecule has 4 nitrogen and oxygen atoms in total. The van der Waals surface area contributed by atoms with Gasteiger partial charge in [0, 0.05) is 12.6 Å². The summed E-state index contributed by atoms with van der Waals surface area (Å²) in [6.07, 6.45) is 0.809. The lowest BCUT2D eigenvalue weighted by Crippen LogP contribution is -2.60. The molecule has 1 fully saturated rings. The molecule has 1 aromatic rings. The second-order valence-electron chi connectivity index (χ2n) is 4.37.